The molecule has 0 saturated carbocycles. The Hall–Kier alpha value is -1.94. The van der Waals surface area contributed by atoms with Gasteiger partial charge >= 0.3 is 0 Å². The molecular formula is C17H19F2NO. The molecule has 112 valence electrons. The van der Waals surface area contributed by atoms with Crippen molar-refractivity contribution in [3.63, 3.8) is 0 Å². The van der Waals surface area contributed by atoms with Crippen LogP contribution in [0.1, 0.15) is 24.1 Å². The molecule has 0 fully saturated rings. The van der Waals surface area contributed by atoms with Crippen molar-refractivity contribution in [3.05, 3.63) is 65.2 Å². The molecule has 2 nitrogen and oxygen atoms in total. The van der Waals surface area contributed by atoms with Gasteiger partial charge in [-0.2, -0.15) is 0 Å². The second-order valence-corrected chi connectivity index (χ2v) is 4.88. The first-order chi connectivity index (χ1) is 10.1. The lowest BCUT2D eigenvalue weighted by Gasteiger charge is -2.19. The van der Waals surface area contributed by atoms with Gasteiger partial charge in [-0.3, -0.25) is 0 Å². The van der Waals surface area contributed by atoms with E-state index in [1.54, 1.807) is 0 Å². The lowest BCUT2D eigenvalue weighted by atomic mass is 10.1. The Kier molecular flexibility index (Phi) is 5.28. The molecule has 1 atom stereocenters. The zero-order valence-electron chi connectivity index (χ0n) is 12.2. The third-order valence-electron chi connectivity index (χ3n) is 3.24. The monoisotopic (exact) mass is 291 g/mol. The van der Waals surface area contributed by atoms with Crippen LogP contribution in [0, 0.1) is 18.6 Å². The van der Waals surface area contributed by atoms with Gasteiger partial charge in [-0.05, 0) is 31.2 Å². The maximum absolute atomic E-state index is 13.6. The Balaban J connectivity index is 2.12. The number of benzene rings is 2. The molecule has 0 heterocycles. The van der Waals surface area contributed by atoms with Gasteiger partial charge in [-0.25, -0.2) is 8.78 Å². The zero-order valence-corrected chi connectivity index (χ0v) is 12.2. The average Bonchev–Trinajstić information content (AvgIpc) is 2.46. The van der Waals surface area contributed by atoms with Crippen molar-refractivity contribution in [1.82, 2.24) is 5.32 Å². The molecule has 1 unspecified atom stereocenters. The second-order valence-electron chi connectivity index (χ2n) is 4.88. The highest BCUT2D eigenvalue weighted by Gasteiger charge is 2.15. The molecule has 21 heavy (non-hydrogen) atoms. The smallest absolute Gasteiger partial charge is 0.190 e. The summed E-state index contributed by atoms with van der Waals surface area (Å²) in [4.78, 5) is 0. The number of rotatable bonds is 6. The summed E-state index contributed by atoms with van der Waals surface area (Å²) in [6, 6.07) is 11.6. The average molecular weight is 291 g/mol. The molecule has 0 radical (unpaired) electrons. The molecule has 0 spiro atoms. The fourth-order valence-corrected chi connectivity index (χ4v) is 2.11. The molecular weight excluding hydrogens is 272 g/mol. The minimum atomic E-state index is -0.686. The first-order valence-electron chi connectivity index (χ1n) is 6.98. The maximum atomic E-state index is 13.6. The summed E-state index contributed by atoms with van der Waals surface area (Å²) in [5.41, 5.74) is 2.19. The molecule has 1 N–H and O–H groups in total. The van der Waals surface area contributed by atoms with E-state index in [0.717, 1.165) is 17.7 Å². The lowest BCUT2D eigenvalue weighted by Crippen LogP contribution is -2.27. The Bertz CT molecular complexity index is 564. The number of nitrogens with one attached hydrogen (secondary N) is 1. The third-order valence-corrected chi connectivity index (χ3v) is 3.24. The third kappa shape index (κ3) is 4.02. The predicted molar refractivity (Wildman–Crippen MR) is 79.4 cm³/mol. The highest BCUT2D eigenvalue weighted by atomic mass is 19.1. The molecule has 4 heteroatoms. The first kappa shape index (κ1) is 15.4. The van der Waals surface area contributed by atoms with Crippen LogP contribution >= 0.6 is 0 Å². The fourth-order valence-electron chi connectivity index (χ4n) is 2.11. The standard InChI is InChI=1S/C17H19F2NO/c1-3-20-16(13-9-7-12(2)8-10-13)11-21-17-14(18)5-4-6-15(17)19/h4-10,16,20H,3,11H2,1-2H3. The normalized spacial score (nSPS) is 12.2. The van der Waals surface area contributed by atoms with Crippen LogP contribution in [-0.4, -0.2) is 13.2 Å². The van der Waals surface area contributed by atoms with Gasteiger partial charge < -0.3 is 10.1 Å². The topological polar surface area (TPSA) is 21.3 Å². The fraction of sp³-hybridized carbons (Fsp3) is 0.294. The number of ether oxygens (including phenoxy) is 1. The minimum absolute atomic E-state index is 0.116. The van der Waals surface area contributed by atoms with E-state index in [0.29, 0.717) is 0 Å². The summed E-state index contributed by atoms with van der Waals surface area (Å²) >= 11 is 0. The molecule has 0 aromatic heterocycles. The van der Waals surface area contributed by atoms with Gasteiger partial charge in [0.25, 0.3) is 0 Å². The van der Waals surface area contributed by atoms with Gasteiger partial charge in [-0.15, -0.1) is 0 Å². The van der Waals surface area contributed by atoms with Crippen molar-refractivity contribution in [2.24, 2.45) is 0 Å². The van der Waals surface area contributed by atoms with Gasteiger partial charge in [-0.1, -0.05) is 42.8 Å². The van der Waals surface area contributed by atoms with Crippen molar-refractivity contribution < 1.29 is 13.5 Å². The van der Waals surface area contributed by atoms with Crippen LogP contribution < -0.4 is 10.1 Å². The maximum Gasteiger partial charge on any atom is 0.190 e. The van der Waals surface area contributed by atoms with E-state index in [2.05, 4.69) is 5.32 Å². The number of para-hydroxylation sites is 1. The Labute approximate surface area is 123 Å². The van der Waals surface area contributed by atoms with E-state index in [1.807, 2.05) is 38.1 Å². The summed E-state index contributed by atoms with van der Waals surface area (Å²) in [5.74, 6) is -1.70. The van der Waals surface area contributed by atoms with Crippen LogP contribution in [0.2, 0.25) is 0 Å². The SMILES string of the molecule is CCNC(COc1c(F)cccc1F)c1ccc(C)cc1. The number of halogens is 2. The predicted octanol–water partition coefficient (Wildman–Crippen LogP) is 4.00. The number of likely N-dealkylation sites (N-methyl/N-ethyl adjacent to an activating group) is 1. The highest BCUT2D eigenvalue weighted by Crippen LogP contribution is 2.23. The molecule has 0 amide bonds. The summed E-state index contributed by atoms with van der Waals surface area (Å²) < 4.78 is 32.5. The minimum Gasteiger partial charge on any atom is -0.486 e. The van der Waals surface area contributed by atoms with Crippen LogP contribution in [0.4, 0.5) is 8.78 Å². The Morgan fingerprint density at radius 2 is 1.67 bits per heavy atom. The van der Waals surface area contributed by atoms with Gasteiger partial charge in [0.1, 0.15) is 6.61 Å². The van der Waals surface area contributed by atoms with Crippen molar-refractivity contribution >= 4 is 0 Å². The molecule has 0 aliphatic carbocycles. The van der Waals surface area contributed by atoms with Crippen molar-refractivity contribution in [2.45, 2.75) is 19.9 Å². The summed E-state index contributed by atoms with van der Waals surface area (Å²) in [5, 5.41) is 3.26. The molecule has 0 aliphatic heterocycles. The number of hydrogen-bond donors (Lipinski definition) is 1. The van der Waals surface area contributed by atoms with Crippen molar-refractivity contribution in [1.29, 1.82) is 0 Å². The molecule has 2 rings (SSSR count). The first-order valence-corrected chi connectivity index (χ1v) is 6.98. The summed E-state index contributed by atoms with van der Waals surface area (Å²) in [6.07, 6.45) is 0. The largest absolute Gasteiger partial charge is 0.486 e. The lowest BCUT2D eigenvalue weighted by molar-refractivity contribution is 0.245. The van der Waals surface area contributed by atoms with E-state index in [4.69, 9.17) is 4.74 Å². The Morgan fingerprint density at radius 1 is 1.05 bits per heavy atom. The Morgan fingerprint density at radius 3 is 2.24 bits per heavy atom. The molecule has 0 bridgehead atoms. The summed E-state index contributed by atoms with van der Waals surface area (Å²) in [6.45, 7) is 4.89. The zero-order chi connectivity index (χ0) is 15.2. The van der Waals surface area contributed by atoms with Gasteiger partial charge in [0.2, 0.25) is 0 Å². The van der Waals surface area contributed by atoms with Crippen molar-refractivity contribution in [2.75, 3.05) is 13.2 Å². The van der Waals surface area contributed by atoms with Crippen LogP contribution in [0.3, 0.4) is 0 Å². The highest BCUT2D eigenvalue weighted by molar-refractivity contribution is 5.27. The van der Waals surface area contributed by atoms with Crippen LogP contribution in [-0.2, 0) is 0 Å². The van der Waals surface area contributed by atoms with Crippen LogP contribution in [0.5, 0.6) is 5.75 Å². The van der Waals surface area contributed by atoms with Gasteiger partial charge in [0.05, 0.1) is 6.04 Å². The van der Waals surface area contributed by atoms with E-state index < -0.39 is 11.6 Å². The quantitative estimate of drug-likeness (QED) is 0.868. The summed E-state index contributed by atoms with van der Waals surface area (Å²) in [7, 11) is 0. The number of aryl methyl sites for hydroxylation is 1. The molecule has 0 saturated heterocycles. The van der Waals surface area contributed by atoms with Gasteiger partial charge in [0, 0.05) is 0 Å². The number of hydrogen-bond acceptors (Lipinski definition) is 2. The van der Waals surface area contributed by atoms with E-state index in [1.165, 1.54) is 18.2 Å². The van der Waals surface area contributed by atoms with E-state index in [-0.39, 0.29) is 18.4 Å². The van der Waals surface area contributed by atoms with Crippen LogP contribution in [0.25, 0.3) is 0 Å². The van der Waals surface area contributed by atoms with Crippen molar-refractivity contribution in [3.8, 4) is 5.75 Å². The second kappa shape index (κ2) is 7.18. The van der Waals surface area contributed by atoms with Crippen LogP contribution in [0.15, 0.2) is 42.5 Å². The van der Waals surface area contributed by atoms with Gasteiger partial charge in [0.15, 0.2) is 17.4 Å². The molecule has 2 aromatic carbocycles. The molecule has 0 aliphatic rings. The molecule has 2 aromatic rings. The van der Waals surface area contributed by atoms with E-state index >= 15 is 0 Å². The van der Waals surface area contributed by atoms with E-state index in [9.17, 15) is 8.78 Å².